The van der Waals surface area contributed by atoms with Gasteiger partial charge in [0.1, 0.15) is 5.75 Å². The van der Waals surface area contributed by atoms with Crippen LogP contribution < -0.4 is 15.0 Å². The average molecular weight is 263 g/mol. The van der Waals surface area contributed by atoms with E-state index in [0.717, 1.165) is 51.5 Å². The van der Waals surface area contributed by atoms with Gasteiger partial charge in [0.2, 0.25) is 0 Å². The van der Waals surface area contributed by atoms with Crippen LogP contribution in [0.25, 0.3) is 0 Å². The van der Waals surface area contributed by atoms with E-state index in [9.17, 15) is 0 Å². The molecule has 0 spiro atoms. The molecule has 1 saturated heterocycles. The van der Waals surface area contributed by atoms with Gasteiger partial charge in [0.25, 0.3) is 0 Å². The number of nitrogens with zero attached hydrogens (tertiary/aromatic N) is 2. The zero-order valence-corrected chi connectivity index (χ0v) is 12.1. The van der Waals surface area contributed by atoms with Crippen LogP contribution in [0.2, 0.25) is 0 Å². The number of benzene rings is 1. The summed E-state index contributed by atoms with van der Waals surface area (Å²) in [6, 6.07) is 8.37. The highest BCUT2D eigenvalue weighted by molar-refractivity contribution is 5.58. The number of anilines is 1. The lowest BCUT2D eigenvalue weighted by Crippen LogP contribution is -2.43. The predicted octanol–water partition coefficient (Wildman–Crippen LogP) is 1.43. The summed E-state index contributed by atoms with van der Waals surface area (Å²) < 4.78 is 5.95. The van der Waals surface area contributed by atoms with Gasteiger partial charge in [-0.05, 0) is 32.6 Å². The third-order valence-corrected chi connectivity index (χ3v) is 3.33. The van der Waals surface area contributed by atoms with Crippen molar-refractivity contribution >= 4 is 5.69 Å². The third kappa shape index (κ3) is 4.40. The smallest absolute Gasteiger partial charge is 0.142 e. The summed E-state index contributed by atoms with van der Waals surface area (Å²) in [6.45, 7) is 6.05. The van der Waals surface area contributed by atoms with Gasteiger partial charge >= 0.3 is 0 Å². The Morgan fingerprint density at radius 1 is 1.21 bits per heavy atom. The molecule has 1 heterocycles. The topological polar surface area (TPSA) is 27.7 Å². The van der Waals surface area contributed by atoms with E-state index in [1.165, 1.54) is 5.69 Å². The van der Waals surface area contributed by atoms with Gasteiger partial charge in [0.05, 0.1) is 12.3 Å². The van der Waals surface area contributed by atoms with E-state index < -0.39 is 0 Å². The van der Waals surface area contributed by atoms with Gasteiger partial charge in [0, 0.05) is 32.7 Å². The number of rotatable bonds is 6. The van der Waals surface area contributed by atoms with Crippen LogP contribution >= 0.6 is 0 Å². The standard InChI is InChI=1S/C15H25N3O/c1-17(2)10-5-13-19-15-7-4-3-6-14(15)18-11-8-16-9-12-18/h3-4,6-7,16H,5,8-13H2,1-2H3. The Balaban J connectivity index is 1.92. The van der Waals surface area contributed by atoms with Crippen molar-refractivity contribution in [3.8, 4) is 5.75 Å². The maximum absolute atomic E-state index is 5.95. The molecule has 1 fully saturated rings. The molecule has 1 aliphatic rings. The third-order valence-electron chi connectivity index (χ3n) is 3.33. The second-order valence-corrected chi connectivity index (χ2v) is 5.21. The highest BCUT2D eigenvalue weighted by atomic mass is 16.5. The van der Waals surface area contributed by atoms with E-state index in [1.54, 1.807) is 0 Å². The van der Waals surface area contributed by atoms with Crippen molar-refractivity contribution in [1.29, 1.82) is 0 Å². The van der Waals surface area contributed by atoms with Gasteiger partial charge in [-0.25, -0.2) is 0 Å². The van der Waals surface area contributed by atoms with Crippen molar-refractivity contribution in [3.63, 3.8) is 0 Å². The van der Waals surface area contributed by atoms with Crippen LogP contribution in [0.4, 0.5) is 5.69 Å². The monoisotopic (exact) mass is 263 g/mol. The lowest BCUT2D eigenvalue weighted by Gasteiger charge is -2.30. The largest absolute Gasteiger partial charge is 0.491 e. The van der Waals surface area contributed by atoms with Crippen molar-refractivity contribution in [2.24, 2.45) is 0 Å². The first kappa shape index (κ1) is 14.2. The van der Waals surface area contributed by atoms with Gasteiger partial charge in [0.15, 0.2) is 0 Å². The lowest BCUT2D eigenvalue weighted by molar-refractivity contribution is 0.281. The molecule has 0 saturated carbocycles. The summed E-state index contributed by atoms with van der Waals surface area (Å²) in [5.74, 6) is 1.02. The van der Waals surface area contributed by atoms with Gasteiger partial charge in [-0.1, -0.05) is 12.1 Å². The van der Waals surface area contributed by atoms with Crippen LogP contribution in [0, 0.1) is 0 Å². The molecule has 1 aliphatic heterocycles. The summed E-state index contributed by atoms with van der Waals surface area (Å²) in [5, 5.41) is 3.38. The summed E-state index contributed by atoms with van der Waals surface area (Å²) >= 11 is 0. The molecular weight excluding hydrogens is 238 g/mol. The number of hydrogen-bond donors (Lipinski definition) is 1. The van der Waals surface area contributed by atoms with Crippen molar-refractivity contribution in [1.82, 2.24) is 10.2 Å². The predicted molar refractivity (Wildman–Crippen MR) is 80.2 cm³/mol. The molecule has 0 unspecified atom stereocenters. The van der Waals surface area contributed by atoms with Crippen molar-refractivity contribution in [2.45, 2.75) is 6.42 Å². The lowest BCUT2D eigenvalue weighted by atomic mass is 10.2. The molecule has 0 aliphatic carbocycles. The normalized spacial score (nSPS) is 15.8. The van der Waals surface area contributed by atoms with Gasteiger partial charge in [-0.2, -0.15) is 0 Å². The molecule has 0 radical (unpaired) electrons. The summed E-state index contributed by atoms with van der Waals surface area (Å²) in [4.78, 5) is 4.59. The SMILES string of the molecule is CN(C)CCCOc1ccccc1N1CCNCC1. The molecule has 4 nitrogen and oxygen atoms in total. The molecule has 0 aromatic heterocycles. The molecule has 1 N–H and O–H groups in total. The second-order valence-electron chi connectivity index (χ2n) is 5.21. The first-order valence-electron chi connectivity index (χ1n) is 7.09. The zero-order valence-electron chi connectivity index (χ0n) is 12.1. The number of hydrogen-bond acceptors (Lipinski definition) is 4. The van der Waals surface area contributed by atoms with Crippen molar-refractivity contribution in [3.05, 3.63) is 24.3 Å². The Kier molecular flexibility index (Phi) is 5.48. The highest BCUT2D eigenvalue weighted by Gasteiger charge is 2.14. The number of nitrogens with one attached hydrogen (secondary N) is 1. The zero-order chi connectivity index (χ0) is 13.5. The summed E-state index contributed by atoms with van der Waals surface area (Å²) in [6.07, 6.45) is 1.06. The Bertz CT molecular complexity index is 375. The fourth-order valence-corrected chi connectivity index (χ4v) is 2.31. The quantitative estimate of drug-likeness (QED) is 0.786. The van der Waals surface area contributed by atoms with Crippen LogP contribution in [-0.4, -0.2) is 58.3 Å². The molecule has 1 aromatic carbocycles. The van der Waals surface area contributed by atoms with Gasteiger partial charge < -0.3 is 19.9 Å². The molecule has 4 heteroatoms. The summed E-state index contributed by atoms with van der Waals surface area (Å²) in [7, 11) is 4.18. The number of ether oxygens (including phenoxy) is 1. The van der Waals surface area contributed by atoms with E-state index in [-0.39, 0.29) is 0 Å². The maximum atomic E-state index is 5.95. The molecule has 2 rings (SSSR count). The first-order valence-corrected chi connectivity index (χ1v) is 7.09. The Morgan fingerprint density at radius 2 is 1.95 bits per heavy atom. The molecule has 0 atom stereocenters. The van der Waals surface area contributed by atoms with Crippen LogP contribution in [0.15, 0.2) is 24.3 Å². The minimum Gasteiger partial charge on any atom is -0.491 e. The van der Waals surface area contributed by atoms with Crippen LogP contribution in [-0.2, 0) is 0 Å². The van der Waals surface area contributed by atoms with E-state index in [1.807, 2.05) is 6.07 Å². The van der Waals surface area contributed by atoms with E-state index in [2.05, 4.69) is 47.4 Å². The Morgan fingerprint density at radius 3 is 2.68 bits per heavy atom. The molecule has 106 valence electrons. The fourth-order valence-electron chi connectivity index (χ4n) is 2.31. The molecule has 19 heavy (non-hydrogen) atoms. The van der Waals surface area contributed by atoms with E-state index >= 15 is 0 Å². The van der Waals surface area contributed by atoms with Gasteiger partial charge in [-0.3, -0.25) is 0 Å². The fraction of sp³-hybridized carbons (Fsp3) is 0.600. The van der Waals surface area contributed by atoms with Crippen molar-refractivity contribution < 1.29 is 4.74 Å². The average Bonchev–Trinajstić information content (AvgIpc) is 2.45. The molecule has 1 aromatic rings. The Labute approximate surface area is 116 Å². The summed E-state index contributed by atoms with van der Waals surface area (Å²) in [5.41, 5.74) is 1.23. The highest BCUT2D eigenvalue weighted by Crippen LogP contribution is 2.28. The molecule has 0 amide bonds. The first-order chi connectivity index (χ1) is 9.27. The second kappa shape index (κ2) is 7.36. The maximum Gasteiger partial charge on any atom is 0.142 e. The Hall–Kier alpha value is -1.26. The molecule has 0 bridgehead atoms. The molecular formula is C15H25N3O. The van der Waals surface area contributed by atoms with Crippen LogP contribution in [0.3, 0.4) is 0 Å². The van der Waals surface area contributed by atoms with Crippen molar-refractivity contribution in [2.75, 3.05) is 58.3 Å². The van der Waals surface area contributed by atoms with Crippen LogP contribution in [0.1, 0.15) is 6.42 Å². The minimum absolute atomic E-state index is 0.779. The minimum atomic E-state index is 0.779. The van der Waals surface area contributed by atoms with Gasteiger partial charge in [-0.15, -0.1) is 0 Å². The van der Waals surface area contributed by atoms with Crippen LogP contribution in [0.5, 0.6) is 5.75 Å². The van der Waals surface area contributed by atoms with E-state index in [4.69, 9.17) is 4.74 Å². The number of para-hydroxylation sites is 2. The number of piperazine rings is 1. The van der Waals surface area contributed by atoms with E-state index in [0.29, 0.717) is 0 Å².